The second kappa shape index (κ2) is 9.94. The van der Waals surface area contributed by atoms with Crippen LogP contribution in [0.2, 0.25) is 0 Å². The molecule has 28 heavy (non-hydrogen) atoms. The molecule has 0 aromatic heterocycles. The SMILES string of the molecule is CC(C)OC(=O)CC(NS(=O)(=O)CC1CCCCO1)c1ccccc1[N+](=O)[O-]. The first-order chi connectivity index (χ1) is 13.2. The molecule has 1 aliphatic heterocycles. The molecule has 0 aliphatic carbocycles. The summed E-state index contributed by atoms with van der Waals surface area (Å²) in [6.45, 7) is 3.85. The Morgan fingerprint density at radius 1 is 1.36 bits per heavy atom. The molecular formula is C18H26N2O7S. The highest BCUT2D eigenvalue weighted by atomic mass is 32.2. The minimum Gasteiger partial charge on any atom is -0.463 e. The van der Waals surface area contributed by atoms with Gasteiger partial charge < -0.3 is 9.47 Å². The molecule has 1 N–H and O–H groups in total. The molecule has 1 saturated heterocycles. The number of hydrogen-bond acceptors (Lipinski definition) is 7. The number of nitro benzene ring substituents is 1. The monoisotopic (exact) mass is 414 g/mol. The van der Waals surface area contributed by atoms with Crippen LogP contribution in [0.25, 0.3) is 0 Å². The lowest BCUT2D eigenvalue weighted by molar-refractivity contribution is -0.385. The van der Waals surface area contributed by atoms with Gasteiger partial charge in [0.2, 0.25) is 10.0 Å². The van der Waals surface area contributed by atoms with Crippen LogP contribution < -0.4 is 4.72 Å². The van der Waals surface area contributed by atoms with Crippen molar-refractivity contribution in [2.45, 2.75) is 57.8 Å². The van der Waals surface area contributed by atoms with E-state index in [9.17, 15) is 23.3 Å². The Labute approximate surface area is 164 Å². The molecule has 10 heteroatoms. The van der Waals surface area contributed by atoms with Gasteiger partial charge in [-0.15, -0.1) is 0 Å². The first kappa shape index (κ1) is 22.3. The molecule has 1 fully saturated rings. The lowest BCUT2D eigenvalue weighted by Crippen LogP contribution is -2.38. The maximum Gasteiger partial charge on any atom is 0.308 e. The van der Waals surface area contributed by atoms with Crippen molar-refractivity contribution in [1.82, 2.24) is 4.72 Å². The molecule has 156 valence electrons. The summed E-state index contributed by atoms with van der Waals surface area (Å²) in [5, 5.41) is 11.4. The van der Waals surface area contributed by atoms with Gasteiger partial charge >= 0.3 is 5.97 Å². The molecule has 1 aliphatic rings. The van der Waals surface area contributed by atoms with Crippen LogP contribution in [-0.2, 0) is 24.3 Å². The van der Waals surface area contributed by atoms with Gasteiger partial charge in [0.25, 0.3) is 5.69 Å². The molecule has 2 unspecified atom stereocenters. The third-order valence-corrected chi connectivity index (χ3v) is 5.70. The molecular weight excluding hydrogens is 388 g/mol. The third-order valence-electron chi connectivity index (χ3n) is 4.25. The second-order valence-corrected chi connectivity index (χ2v) is 8.80. The summed E-state index contributed by atoms with van der Waals surface area (Å²) < 4.78 is 38.3. The zero-order chi connectivity index (χ0) is 20.7. The molecule has 0 bridgehead atoms. The van der Waals surface area contributed by atoms with E-state index in [0.29, 0.717) is 13.0 Å². The van der Waals surface area contributed by atoms with E-state index in [1.807, 2.05) is 0 Å². The predicted octanol–water partition coefficient (Wildman–Crippen LogP) is 2.47. The van der Waals surface area contributed by atoms with E-state index in [1.54, 1.807) is 19.9 Å². The minimum atomic E-state index is -3.85. The van der Waals surface area contributed by atoms with Crippen molar-refractivity contribution in [2.75, 3.05) is 12.4 Å². The fourth-order valence-corrected chi connectivity index (χ4v) is 4.58. The molecule has 0 spiro atoms. The smallest absolute Gasteiger partial charge is 0.308 e. The van der Waals surface area contributed by atoms with Crippen LogP contribution in [0.15, 0.2) is 24.3 Å². The van der Waals surface area contributed by atoms with Crippen molar-refractivity contribution in [3.05, 3.63) is 39.9 Å². The summed E-state index contributed by atoms with van der Waals surface area (Å²) in [4.78, 5) is 22.9. The Morgan fingerprint density at radius 3 is 2.68 bits per heavy atom. The predicted molar refractivity (Wildman–Crippen MR) is 102 cm³/mol. The first-order valence-electron chi connectivity index (χ1n) is 9.22. The highest BCUT2D eigenvalue weighted by Gasteiger charge is 2.30. The number of esters is 1. The summed E-state index contributed by atoms with van der Waals surface area (Å²) in [6, 6.07) is 4.64. The normalized spacial score (nSPS) is 18.6. The van der Waals surface area contributed by atoms with Gasteiger partial charge in [0.15, 0.2) is 0 Å². The first-order valence-corrected chi connectivity index (χ1v) is 10.9. The van der Waals surface area contributed by atoms with Gasteiger partial charge in [0.1, 0.15) is 0 Å². The van der Waals surface area contributed by atoms with E-state index >= 15 is 0 Å². The van der Waals surface area contributed by atoms with Crippen molar-refractivity contribution in [1.29, 1.82) is 0 Å². The van der Waals surface area contributed by atoms with E-state index in [2.05, 4.69) is 4.72 Å². The van der Waals surface area contributed by atoms with Gasteiger partial charge in [-0.05, 0) is 33.1 Å². The maximum atomic E-state index is 12.7. The lowest BCUT2D eigenvalue weighted by Gasteiger charge is -2.24. The van der Waals surface area contributed by atoms with Crippen LogP contribution in [0.3, 0.4) is 0 Å². The molecule has 2 rings (SSSR count). The number of nitro groups is 1. The fraction of sp³-hybridized carbons (Fsp3) is 0.611. The number of rotatable bonds is 9. The molecule has 2 atom stereocenters. The van der Waals surface area contributed by atoms with Crippen molar-refractivity contribution >= 4 is 21.7 Å². The minimum absolute atomic E-state index is 0.112. The number of nitrogens with one attached hydrogen (secondary N) is 1. The average molecular weight is 414 g/mol. The van der Waals surface area contributed by atoms with E-state index in [0.717, 1.165) is 12.8 Å². The van der Waals surface area contributed by atoms with Crippen LogP contribution in [-0.4, -0.2) is 43.9 Å². The van der Waals surface area contributed by atoms with Crippen LogP contribution in [0.5, 0.6) is 0 Å². The van der Waals surface area contributed by atoms with E-state index in [4.69, 9.17) is 9.47 Å². The summed E-state index contributed by atoms with van der Waals surface area (Å²) in [7, 11) is -3.85. The van der Waals surface area contributed by atoms with Crippen molar-refractivity contribution < 1.29 is 27.6 Å². The number of para-hydroxylation sites is 1. The van der Waals surface area contributed by atoms with Gasteiger partial charge in [0, 0.05) is 18.2 Å². The van der Waals surface area contributed by atoms with Crippen LogP contribution >= 0.6 is 0 Å². The number of nitrogens with zero attached hydrogens (tertiary/aromatic N) is 1. The Balaban J connectivity index is 2.25. The van der Waals surface area contributed by atoms with Gasteiger partial charge in [-0.25, -0.2) is 13.1 Å². The van der Waals surface area contributed by atoms with Gasteiger partial charge in [0.05, 0.1) is 35.3 Å². The number of carbonyl (C=O) groups excluding carboxylic acids is 1. The Hall–Kier alpha value is -2.04. The largest absolute Gasteiger partial charge is 0.463 e. The highest BCUT2D eigenvalue weighted by Crippen LogP contribution is 2.28. The van der Waals surface area contributed by atoms with E-state index < -0.39 is 33.1 Å². The molecule has 0 amide bonds. The molecule has 1 aromatic rings. The van der Waals surface area contributed by atoms with Gasteiger partial charge in [-0.3, -0.25) is 14.9 Å². The summed E-state index contributed by atoms with van der Waals surface area (Å²) in [5.41, 5.74) is -0.150. The Kier molecular flexibility index (Phi) is 7.90. The molecule has 1 aromatic carbocycles. The summed E-state index contributed by atoms with van der Waals surface area (Å²) >= 11 is 0. The third kappa shape index (κ3) is 6.84. The number of benzene rings is 1. The van der Waals surface area contributed by atoms with Gasteiger partial charge in [-0.2, -0.15) is 0 Å². The average Bonchev–Trinajstić information content (AvgIpc) is 2.60. The molecule has 9 nitrogen and oxygen atoms in total. The van der Waals surface area contributed by atoms with Crippen LogP contribution in [0.1, 0.15) is 51.1 Å². The van der Waals surface area contributed by atoms with Gasteiger partial charge in [-0.1, -0.05) is 18.2 Å². The quantitative estimate of drug-likeness (QED) is 0.374. The molecule has 1 heterocycles. The summed E-state index contributed by atoms with van der Waals surface area (Å²) in [5.74, 6) is -0.904. The topological polar surface area (TPSA) is 125 Å². The Bertz CT molecular complexity index is 789. The van der Waals surface area contributed by atoms with Crippen LogP contribution in [0, 0.1) is 10.1 Å². The number of hydrogen-bond donors (Lipinski definition) is 1. The number of ether oxygens (including phenoxy) is 2. The van der Waals surface area contributed by atoms with Crippen molar-refractivity contribution in [3.8, 4) is 0 Å². The van der Waals surface area contributed by atoms with Crippen molar-refractivity contribution in [2.24, 2.45) is 0 Å². The van der Waals surface area contributed by atoms with Crippen LogP contribution in [0.4, 0.5) is 5.69 Å². The summed E-state index contributed by atoms with van der Waals surface area (Å²) in [6.07, 6.45) is 1.24. The zero-order valence-corrected chi connectivity index (χ0v) is 16.8. The maximum absolute atomic E-state index is 12.7. The number of sulfonamides is 1. The molecule has 0 radical (unpaired) electrons. The highest BCUT2D eigenvalue weighted by molar-refractivity contribution is 7.89. The second-order valence-electron chi connectivity index (χ2n) is 7.00. The zero-order valence-electron chi connectivity index (χ0n) is 16.0. The lowest BCUT2D eigenvalue weighted by atomic mass is 10.0. The standard InChI is InChI=1S/C18H26N2O7S/c1-13(2)27-18(21)11-16(15-8-3-4-9-17(15)20(22)23)19-28(24,25)12-14-7-5-6-10-26-14/h3-4,8-9,13-14,16,19H,5-7,10-12H2,1-2H3. The van der Waals surface area contributed by atoms with Crippen molar-refractivity contribution in [3.63, 3.8) is 0 Å². The molecule has 0 saturated carbocycles. The fourth-order valence-electron chi connectivity index (χ4n) is 3.09. The van der Waals surface area contributed by atoms with E-state index in [-0.39, 0.29) is 29.5 Å². The van der Waals surface area contributed by atoms with E-state index in [1.165, 1.54) is 18.2 Å². The Morgan fingerprint density at radius 2 is 2.07 bits per heavy atom. The number of carbonyl (C=O) groups is 1.